The van der Waals surface area contributed by atoms with Crippen LogP contribution in [0.4, 0.5) is 0 Å². The van der Waals surface area contributed by atoms with E-state index in [1.54, 1.807) is 0 Å². The third-order valence-electron chi connectivity index (χ3n) is 17.1. The minimum atomic E-state index is -0.666. The molecule has 0 aliphatic carbocycles. The van der Waals surface area contributed by atoms with Gasteiger partial charge in [0.15, 0.2) is 0 Å². The van der Waals surface area contributed by atoms with E-state index in [-0.39, 0.29) is 18.5 Å². The largest absolute Gasteiger partial charge is 0.466 e. The molecule has 0 heterocycles. The molecule has 6 nitrogen and oxygen atoms in total. The lowest BCUT2D eigenvalue weighted by Crippen LogP contribution is -2.45. The number of aliphatic hydroxyl groups excluding tert-OH is 2. The molecule has 0 aliphatic rings. The third-order valence-corrected chi connectivity index (χ3v) is 17.1. The third kappa shape index (κ3) is 63.8. The SMILES string of the molecule is CCCCCCC/C=C\CCCCCCCC(=O)OCCCCCCCCCCCCCCCCCCCCCCCCC(=O)NC(CO)C(O)CCCCCCCCCCCCCCCCCCCCCCCCCCC. The minimum absolute atomic E-state index is 0.00608. The first-order valence-corrected chi connectivity index (χ1v) is 35.9. The first kappa shape index (κ1) is 76.6. The predicted octanol–water partition coefficient (Wildman–Crippen LogP) is 23.1. The molecule has 0 radical (unpaired) electrons. The molecular formula is C72H141NO5. The van der Waals surface area contributed by atoms with Crippen LogP contribution in [0.3, 0.4) is 0 Å². The van der Waals surface area contributed by atoms with Crippen molar-refractivity contribution < 1.29 is 24.5 Å². The molecule has 464 valence electrons. The predicted molar refractivity (Wildman–Crippen MR) is 343 cm³/mol. The molecule has 0 fully saturated rings. The van der Waals surface area contributed by atoms with Crippen molar-refractivity contribution >= 4 is 11.9 Å². The van der Waals surface area contributed by atoms with Crippen LogP contribution in [0.25, 0.3) is 0 Å². The van der Waals surface area contributed by atoms with Gasteiger partial charge in [-0.05, 0) is 51.4 Å². The number of amides is 1. The zero-order valence-electron chi connectivity index (χ0n) is 53.2. The van der Waals surface area contributed by atoms with Crippen LogP contribution in [0.15, 0.2) is 12.2 Å². The molecule has 78 heavy (non-hydrogen) atoms. The first-order chi connectivity index (χ1) is 38.5. The average Bonchev–Trinajstić information content (AvgIpc) is 3.44. The fraction of sp³-hybridized carbons (Fsp3) is 0.944. The van der Waals surface area contributed by atoms with Crippen LogP contribution in [-0.2, 0) is 14.3 Å². The number of carbonyl (C=O) groups is 2. The van der Waals surface area contributed by atoms with Crippen molar-refractivity contribution in [2.75, 3.05) is 13.2 Å². The summed E-state index contributed by atoms with van der Waals surface area (Å²) in [5.74, 6) is -0.0236. The Hall–Kier alpha value is -1.40. The van der Waals surface area contributed by atoms with Crippen molar-refractivity contribution in [1.29, 1.82) is 0 Å². The second kappa shape index (κ2) is 68.1. The summed E-state index contributed by atoms with van der Waals surface area (Å²) >= 11 is 0. The highest BCUT2D eigenvalue weighted by molar-refractivity contribution is 5.76. The number of carbonyl (C=O) groups excluding carboxylic acids is 2. The smallest absolute Gasteiger partial charge is 0.305 e. The fourth-order valence-electron chi connectivity index (χ4n) is 11.6. The second-order valence-electron chi connectivity index (χ2n) is 24.9. The van der Waals surface area contributed by atoms with Crippen molar-refractivity contribution in [1.82, 2.24) is 5.32 Å². The normalized spacial score (nSPS) is 12.5. The van der Waals surface area contributed by atoms with Gasteiger partial charge in [0.1, 0.15) is 0 Å². The Morgan fingerprint density at radius 3 is 0.910 bits per heavy atom. The molecule has 0 saturated carbocycles. The lowest BCUT2D eigenvalue weighted by molar-refractivity contribution is -0.143. The molecule has 0 aromatic rings. The van der Waals surface area contributed by atoms with Gasteiger partial charge in [-0.15, -0.1) is 0 Å². The van der Waals surface area contributed by atoms with Gasteiger partial charge >= 0.3 is 5.97 Å². The molecule has 0 rings (SSSR count). The van der Waals surface area contributed by atoms with Crippen LogP contribution in [0, 0.1) is 0 Å². The molecule has 1 amide bonds. The maximum atomic E-state index is 12.6. The van der Waals surface area contributed by atoms with Crippen LogP contribution in [-0.4, -0.2) is 47.4 Å². The molecule has 0 aromatic carbocycles. The zero-order valence-corrected chi connectivity index (χ0v) is 53.2. The number of ether oxygens (including phenoxy) is 1. The number of hydrogen-bond donors (Lipinski definition) is 3. The molecule has 0 aromatic heterocycles. The molecule has 3 N–H and O–H groups in total. The molecular weight excluding hydrogens is 959 g/mol. The van der Waals surface area contributed by atoms with Crippen LogP contribution >= 0.6 is 0 Å². The summed E-state index contributed by atoms with van der Waals surface area (Å²) in [6.45, 7) is 4.98. The van der Waals surface area contributed by atoms with E-state index >= 15 is 0 Å². The monoisotopic (exact) mass is 1100 g/mol. The van der Waals surface area contributed by atoms with Crippen molar-refractivity contribution in [3.05, 3.63) is 12.2 Å². The molecule has 0 aliphatic heterocycles. The van der Waals surface area contributed by atoms with Crippen molar-refractivity contribution in [3.63, 3.8) is 0 Å². The summed E-state index contributed by atoms with van der Waals surface area (Å²) < 4.78 is 5.49. The van der Waals surface area contributed by atoms with E-state index in [1.165, 1.54) is 334 Å². The van der Waals surface area contributed by atoms with Gasteiger partial charge in [-0.3, -0.25) is 9.59 Å². The van der Waals surface area contributed by atoms with E-state index in [1.807, 2.05) is 0 Å². The summed E-state index contributed by atoms with van der Waals surface area (Å²) in [4.78, 5) is 24.6. The summed E-state index contributed by atoms with van der Waals surface area (Å²) in [5.41, 5.74) is 0. The van der Waals surface area contributed by atoms with Gasteiger partial charge < -0.3 is 20.3 Å². The molecule has 2 unspecified atom stereocenters. The van der Waals surface area contributed by atoms with Gasteiger partial charge in [0.2, 0.25) is 5.91 Å². The van der Waals surface area contributed by atoms with Gasteiger partial charge in [-0.25, -0.2) is 0 Å². The first-order valence-electron chi connectivity index (χ1n) is 35.9. The van der Waals surface area contributed by atoms with Gasteiger partial charge in [0, 0.05) is 12.8 Å². The topological polar surface area (TPSA) is 95.9 Å². The Bertz CT molecular complexity index is 1180. The average molecular weight is 1100 g/mol. The van der Waals surface area contributed by atoms with Gasteiger partial charge in [-0.1, -0.05) is 360 Å². The molecule has 6 heteroatoms. The van der Waals surface area contributed by atoms with Gasteiger partial charge in [-0.2, -0.15) is 0 Å². The second-order valence-corrected chi connectivity index (χ2v) is 24.9. The number of esters is 1. The number of allylic oxidation sites excluding steroid dienone is 2. The Morgan fingerprint density at radius 1 is 0.346 bits per heavy atom. The lowest BCUT2D eigenvalue weighted by Gasteiger charge is -2.22. The summed E-state index contributed by atoms with van der Waals surface area (Å²) in [6, 6.07) is -0.543. The molecule has 0 spiro atoms. The van der Waals surface area contributed by atoms with E-state index < -0.39 is 12.1 Å². The standard InChI is InChI=1S/C72H141NO5/c1-3-5-7-9-11-13-15-17-19-20-21-22-23-24-25-28-31-34-37-40-44-48-52-56-60-64-70(75)69(68-74)73-71(76)65-61-57-53-49-45-41-38-35-32-29-26-27-30-33-36-39-43-47-51-55-59-63-67-78-72(77)66-62-58-54-50-46-42-18-16-14-12-10-8-6-4-2/h16,18,69-70,74-75H,3-15,17,19-68H2,1-2H3,(H,73,76)/b18-16-. The number of rotatable bonds is 68. The maximum absolute atomic E-state index is 12.6. The fourth-order valence-corrected chi connectivity index (χ4v) is 11.6. The van der Waals surface area contributed by atoms with E-state index in [0.29, 0.717) is 25.9 Å². The van der Waals surface area contributed by atoms with E-state index in [4.69, 9.17) is 4.74 Å². The van der Waals surface area contributed by atoms with Crippen molar-refractivity contribution in [2.24, 2.45) is 0 Å². The highest BCUT2D eigenvalue weighted by Gasteiger charge is 2.20. The van der Waals surface area contributed by atoms with E-state index in [2.05, 4.69) is 31.3 Å². The van der Waals surface area contributed by atoms with E-state index in [9.17, 15) is 19.8 Å². The Kier molecular flexibility index (Phi) is 66.9. The highest BCUT2D eigenvalue weighted by Crippen LogP contribution is 2.19. The minimum Gasteiger partial charge on any atom is -0.466 e. The number of nitrogens with one attached hydrogen (secondary N) is 1. The molecule has 2 atom stereocenters. The summed E-state index contributed by atoms with van der Waals surface area (Å²) in [6.07, 6.45) is 84.0. The quantitative estimate of drug-likeness (QED) is 0.0320. The summed E-state index contributed by atoms with van der Waals surface area (Å²) in [5, 5.41) is 23.5. The Labute approximate surface area is 489 Å². The number of unbranched alkanes of at least 4 members (excludes halogenated alkanes) is 55. The van der Waals surface area contributed by atoms with Crippen LogP contribution in [0.5, 0.6) is 0 Å². The van der Waals surface area contributed by atoms with Crippen LogP contribution in [0.1, 0.15) is 412 Å². The Balaban J connectivity index is 3.38. The van der Waals surface area contributed by atoms with Gasteiger partial charge in [0.05, 0.1) is 25.4 Å². The number of aliphatic hydroxyl groups is 2. The molecule has 0 saturated heterocycles. The summed E-state index contributed by atoms with van der Waals surface area (Å²) in [7, 11) is 0. The van der Waals surface area contributed by atoms with Crippen LogP contribution in [0.2, 0.25) is 0 Å². The van der Waals surface area contributed by atoms with Crippen LogP contribution < -0.4 is 5.32 Å². The van der Waals surface area contributed by atoms with Crippen molar-refractivity contribution in [3.8, 4) is 0 Å². The van der Waals surface area contributed by atoms with E-state index in [0.717, 1.165) is 44.9 Å². The van der Waals surface area contributed by atoms with Gasteiger partial charge in [0.25, 0.3) is 0 Å². The highest BCUT2D eigenvalue weighted by atomic mass is 16.5. The number of hydrogen-bond acceptors (Lipinski definition) is 5. The molecule has 0 bridgehead atoms. The van der Waals surface area contributed by atoms with Crippen molar-refractivity contribution in [2.45, 2.75) is 424 Å². The maximum Gasteiger partial charge on any atom is 0.305 e. The lowest BCUT2D eigenvalue weighted by atomic mass is 10.0. The zero-order chi connectivity index (χ0) is 56.4. The Morgan fingerprint density at radius 2 is 0.603 bits per heavy atom.